The Bertz CT molecular complexity index is 486. The van der Waals surface area contributed by atoms with Crippen molar-refractivity contribution < 1.29 is 15.4 Å². The highest BCUT2D eigenvalue weighted by Gasteiger charge is 2.45. The zero-order valence-corrected chi connectivity index (χ0v) is 14.8. The van der Waals surface area contributed by atoms with Gasteiger partial charge in [-0.3, -0.25) is 0 Å². The Labute approximate surface area is 140 Å². The molecule has 4 N–H and O–H groups in total. The summed E-state index contributed by atoms with van der Waals surface area (Å²) in [5.74, 6) is 1.85. The van der Waals surface area contributed by atoms with Crippen molar-refractivity contribution in [1.82, 2.24) is 0 Å². The summed E-state index contributed by atoms with van der Waals surface area (Å²) in [5.41, 5.74) is 6.11. The van der Waals surface area contributed by atoms with E-state index in [9.17, 15) is 0 Å². The second-order valence-corrected chi connectivity index (χ2v) is 7.50. The Morgan fingerprint density at radius 3 is 2.30 bits per heavy atom. The van der Waals surface area contributed by atoms with Gasteiger partial charge in [-0.05, 0) is 43.0 Å². The summed E-state index contributed by atoms with van der Waals surface area (Å²) >= 11 is 0. The quantitative estimate of drug-likeness (QED) is 0.853. The smallest absolute Gasteiger partial charge is 0.147 e. The number of hydrogen-bond donors (Lipinski definition) is 2. The van der Waals surface area contributed by atoms with Crippen LogP contribution in [0.4, 0.5) is 5.69 Å². The third kappa shape index (κ3) is 3.48. The summed E-state index contributed by atoms with van der Waals surface area (Å²) in [4.78, 5) is 4.33. The van der Waals surface area contributed by atoms with Gasteiger partial charge in [0.15, 0.2) is 0 Å². The minimum absolute atomic E-state index is 0.457. The van der Waals surface area contributed by atoms with Gasteiger partial charge in [0.25, 0.3) is 0 Å². The number of piperazine rings is 1. The average molecular weight is 319 g/mol. The topological polar surface area (TPSA) is 44.5 Å². The largest absolute Gasteiger partial charge is 0.497 e. The van der Waals surface area contributed by atoms with Crippen molar-refractivity contribution in [3.8, 4) is 5.75 Å². The van der Waals surface area contributed by atoms with E-state index in [1.54, 1.807) is 7.11 Å². The molecule has 1 saturated carbocycles. The highest BCUT2D eigenvalue weighted by Crippen LogP contribution is 2.29. The van der Waals surface area contributed by atoms with E-state index in [0.717, 1.165) is 31.3 Å². The number of methoxy groups -OCH3 is 1. The van der Waals surface area contributed by atoms with Crippen LogP contribution in [0.3, 0.4) is 0 Å². The minimum atomic E-state index is 0.457. The Balaban J connectivity index is 1.60. The summed E-state index contributed by atoms with van der Waals surface area (Å²) in [6.07, 6.45) is 5.52. The molecule has 0 atom stereocenters. The van der Waals surface area contributed by atoms with Crippen LogP contribution in [-0.2, 0) is 0 Å². The molecule has 1 aromatic carbocycles. The second kappa shape index (κ2) is 7.10. The lowest BCUT2D eigenvalue weighted by Crippen LogP contribution is -3.24. The van der Waals surface area contributed by atoms with Gasteiger partial charge in [0.1, 0.15) is 17.8 Å². The van der Waals surface area contributed by atoms with Crippen molar-refractivity contribution in [3.05, 3.63) is 24.3 Å². The van der Waals surface area contributed by atoms with Crippen molar-refractivity contribution in [2.24, 2.45) is 5.92 Å². The molecule has 0 amide bonds. The number of benzene rings is 1. The molecule has 0 radical (unpaired) electrons. The number of rotatable bonds is 4. The Morgan fingerprint density at radius 1 is 1.17 bits per heavy atom. The fraction of sp³-hybridized carbons (Fsp3) is 0.684. The molecular formula is C19H33N3O+2. The average Bonchev–Trinajstić information content (AvgIpc) is 2.63. The maximum atomic E-state index is 5.26. The molecular weight excluding hydrogens is 286 g/mol. The molecule has 1 aliphatic carbocycles. The SMILES string of the molecule is COc1ccc(N2CC[NH+](C3(C[NH3+])CCC(C)CC3)CC2)cc1. The highest BCUT2D eigenvalue weighted by molar-refractivity contribution is 5.49. The second-order valence-electron chi connectivity index (χ2n) is 7.50. The summed E-state index contributed by atoms with van der Waals surface area (Å²) in [6.45, 7) is 8.30. The molecule has 23 heavy (non-hydrogen) atoms. The third-order valence-electron chi connectivity index (χ3n) is 6.26. The zero-order valence-electron chi connectivity index (χ0n) is 14.8. The van der Waals surface area contributed by atoms with Crippen molar-refractivity contribution in [1.29, 1.82) is 0 Å². The number of nitrogens with one attached hydrogen (secondary N) is 1. The summed E-state index contributed by atoms with van der Waals surface area (Å²) in [5, 5.41) is 0. The molecule has 1 heterocycles. The maximum Gasteiger partial charge on any atom is 0.147 e. The van der Waals surface area contributed by atoms with E-state index >= 15 is 0 Å². The maximum absolute atomic E-state index is 5.26. The van der Waals surface area contributed by atoms with E-state index in [4.69, 9.17) is 4.74 Å². The molecule has 4 heteroatoms. The summed E-state index contributed by atoms with van der Waals surface area (Å²) in [6, 6.07) is 8.50. The van der Waals surface area contributed by atoms with E-state index in [2.05, 4.69) is 41.8 Å². The van der Waals surface area contributed by atoms with Gasteiger partial charge in [-0.1, -0.05) is 6.92 Å². The van der Waals surface area contributed by atoms with Crippen LogP contribution in [-0.4, -0.2) is 45.4 Å². The molecule has 4 nitrogen and oxygen atoms in total. The summed E-state index contributed by atoms with van der Waals surface area (Å²) < 4.78 is 5.26. The monoisotopic (exact) mass is 319 g/mol. The van der Waals surface area contributed by atoms with Gasteiger partial charge in [0.05, 0.1) is 33.3 Å². The van der Waals surface area contributed by atoms with Gasteiger partial charge < -0.3 is 20.3 Å². The van der Waals surface area contributed by atoms with Crippen molar-refractivity contribution in [3.63, 3.8) is 0 Å². The van der Waals surface area contributed by atoms with E-state index in [1.165, 1.54) is 44.5 Å². The van der Waals surface area contributed by atoms with E-state index in [0.29, 0.717) is 5.54 Å². The van der Waals surface area contributed by atoms with Gasteiger partial charge in [-0.2, -0.15) is 0 Å². The highest BCUT2D eigenvalue weighted by atomic mass is 16.5. The van der Waals surface area contributed by atoms with Crippen LogP contribution in [0.1, 0.15) is 32.6 Å². The Morgan fingerprint density at radius 2 is 1.78 bits per heavy atom. The molecule has 0 unspecified atom stereocenters. The molecule has 0 bridgehead atoms. The molecule has 1 aliphatic heterocycles. The summed E-state index contributed by atoms with van der Waals surface area (Å²) in [7, 11) is 1.72. The molecule has 2 aliphatic rings. The number of ether oxygens (including phenoxy) is 1. The van der Waals surface area contributed by atoms with Crippen LogP contribution in [0.5, 0.6) is 5.75 Å². The lowest BCUT2D eigenvalue weighted by Gasteiger charge is -2.46. The molecule has 1 aromatic rings. The van der Waals surface area contributed by atoms with Crippen molar-refractivity contribution >= 4 is 5.69 Å². The fourth-order valence-electron chi connectivity index (χ4n) is 4.45. The van der Waals surface area contributed by atoms with Crippen LogP contribution in [0, 0.1) is 5.92 Å². The van der Waals surface area contributed by atoms with Gasteiger partial charge in [-0.25, -0.2) is 0 Å². The Kier molecular flexibility index (Phi) is 5.12. The third-order valence-corrected chi connectivity index (χ3v) is 6.26. The van der Waals surface area contributed by atoms with E-state index in [-0.39, 0.29) is 0 Å². The number of quaternary nitrogens is 2. The predicted molar refractivity (Wildman–Crippen MR) is 94.0 cm³/mol. The molecule has 0 aromatic heterocycles. The molecule has 2 fully saturated rings. The van der Waals surface area contributed by atoms with E-state index in [1.807, 2.05) is 4.90 Å². The van der Waals surface area contributed by atoms with Crippen molar-refractivity contribution in [2.45, 2.75) is 38.1 Å². The van der Waals surface area contributed by atoms with Gasteiger partial charge in [-0.15, -0.1) is 0 Å². The number of nitrogens with zero attached hydrogens (tertiary/aromatic N) is 1. The van der Waals surface area contributed by atoms with Gasteiger partial charge in [0, 0.05) is 18.5 Å². The van der Waals surface area contributed by atoms with Gasteiger partial charge in [0.2, 0.25) is 0 Å². The number of hydrogen-bond acceptors (Lipinski definition) is 2. The first-order valence-electron chi connectivity index (χ1n) is 9.20. The normalized spacial score (nSPS) is 29.5. The molecule has 1 saturated heterocycles. The van der Waals surface area contributed by atoms with Crippen LogP contribution in [0.25, 0.3) is 0 Å². The predicted octanol–water partition coefficient (Wildman–Crippen LogP) is 0.591. The van der Waals surface area contributed by atoms with Crippen molar-refractivity contribution in [2.75, 3.05) is 44.7 Å². The fourth-order valence-corrected chi connectivity index (χ4v) is 4.45. The van der Waals surface area contributed by atoms with E-state index < -0.39 is 0 Å². The Hall–Kier alpha value is -1.26. The van der Waals surface area contributed by atoms with Crippen LogP contribution in [0.2, 0.25) is 0 Å². The first-order valence-corrected chi connectivity index (χ1v) is 9.20. The minimum Gasteiger partial charge on any atom is -0.497 e. The molecule has 3 rings (SSSR count). The van der Waals surface area contributed by atoms with Crippen LogP contribution in [0.15, 0.2) is 24.3 Å². The zero-order chi connectivity index (χ0) is 16.3. The van der Waals surface area contributed by atoms with Crippen LogP contribution < -0.4 is 20.3 Å². The number of anilines is 1. The lowest BCUT2D eigenvalue weighted by atomic mass is 9.75. The van der Waals surface area contributed by atoms with Crippen LogP contribution >= 0.6 is 0 Å². The molecule has 0 spiro atoms. The molecule has 128 valence electrons. The lowest BCUT2D eigenvalue weighted by molar-refractivity contribution is -0.961. The first-order chi connectivity index (χ1) is 11.2. The standard InChI is InChI=1S/C19H31N3O/c1-16-7-9-19(15-20,10-8-16)22-13-11-21(12-14-22)17-3-5-18(23-2)6-4-17/h3-6,16H,7-15,20H2,1-2H3/p+2. The van der Waals surface area contributed by atoms with Gasteiger partial charge >= 0.3 is 0 Å². The first kappa shape index (κ1) is 16.6.